The molecular formula is C10H16N2O3S2. The van der Waals surface area contributed by atoms with Crippen molar-refractivity contribution in [3.63, 3.8) is 0 Å². The lowest BCUT2D eigenvalue weighted by Crippen LogP contribution is -2.28. The molecule has 0 fully saturated rings. The summed E-state index contributed by atoms with van der Waals surface area (Å²) in [5, 5.41) is 5.00. The van der Waals surface area contributed by atoms with Crippen LogP contribution in [0.4, 0.5) is 0 Å². The molecule has 0 aliphatic rings. The van der Waals surface area contributed by atoms with Crippen LogP contribution in [-0.4, -0.2) is 32.8 Å². The molecule has 0 bridgehead atoms. The molecule has 0 radical (unpaired) electrons. The van der Waals surface area contributed by atoms with Gasteiger partial charge in [0.05, 0.1) is 6.42 Å². The highest BCUT2D eigenvalue weighted by Gasteiger charge is 2.14. The second-order valence-corrected chi connectivity index (χ2v) is 6.71. The Bertz CT molecular complexity index is 493. The molecule has 7 heteroatoms. The Morgan fingerprint density at radius 2 is 2.12 bits per heavy atom. The number of sulfonamides is 1. The fraction of sp³-hybridized carbons (Fsp3) is 0.500. The van der Waals surface area contributed by atoms with E-state index in [0.717, 1.165) is 17.8 Å². The lowest BCUT2D eigenvalue weighted by molar-refractivity contribution is -0.129. The number of thiophene rings is 1. The number of nitrogens with two attached hydrogens (primary N) is 1. The average Bonchev–Trinajstić information content (AvgIpc) is 2.66. The fourth-order valence-corrected chi connectivity index (χ4v) is 3.12. The Balaban J connectivity index is 2.70. The third-order valence-electron chi connectivity index (χ3n) is 2.23. The molecule has 0 saturated carbocycles. The van der Waals surface area contributed by atoms with Crippen molar-refractivity contribution < 1.29 is 13.2 Å². The molecule has 17 heavy (non-hydrogen) atoms. The Morgan fingerprint density at radius 3 is 2.59 bits per heavy atom. The fourth-order valence-electron chi connectivity index (χ4n) is 1.35. The number of rotatable bonds is 5. The van der Waals surface area contributed by atoms with E-state index in [1.807, 2.05) is 6.92 Å². The maximum absolute atomic E-state index is 11.7. The van der Waals surface area contributed by atoms with E-state index >= 15 is 0 Å². The van der Waals surface area contributed by atoms with Crippen LogP contribution in [0.2, 0.25) is 0 Å². The van der Waals surface area contributed by atoms with Gasteiger partial charge in [-0.15, -0.1) is 11.3 Å². The Hall–Kier alpha value is -0.920. The van der Waals surface area contributed by atoms with Crippen molar-refractivity contribution in [2.75, 3.05) is 13.6 Å². The number of hydrogen-bond donors (Lipinski definition) is 1. The van der Waals surface area contributed by atoms with E-state index in [4.69, 9.17) is 5.14 Å². The largest absolute Gasteiger partial charge is 0.345 e. The molecule has 5 nitrogen and oxygen atoms in total. The van der Waals surface area contributed by atoms with Gasteiger partial charge in [-0.2, -0.15) is 0 Å². The standard InChI is InChI=1S/C10H16N2O3S2/c1-3-6-12(2)9(13)7-8-4-5-10(16-8)17(11,14)15/h4-5H,3,6-7H2,1-2H3,(H2,11,14,15). The van der Waals surface area contributed by atoms with Crippen LogP contribution in [0.25, 0.3) is 0 Å². The van der Waals surface area contributed by atoms with Crippen molar-refractivity contribution in [1.82, 2.24) is 4.90 Å². The molecule has 0 atom stereocenters. The Labute approximate surface area is 105 Å². The molecule has 0 aromatic carbocycles. The van der Waals surface area contributed by atoms with E-state index in [9.17, 15) is 13.2 Å². The Kier molecular flexibility index (Phi) is 4.67. The minimum absolute atomic E-state index is 0.0188. The number of amides is 1. The zero-order chi connectivity index (χ0) is 13.1. The van der Waals surface area contributed by atoms with Crippen LogP contribution in [0.5, 0.6) is 0 Å². The first kappa shape index (κ1) is 14.1. The van der Waals surface area contributed by atoms with E-state index in [1.54, 1.807) is 18.0 Å². The number of carbonyl (C=O) groups is 1. The molecule has 96 valence electrons. The normalized spacial score (nSPS) is 11.5. The predicted molar refractivity (Wildman–Crippen MR) is 67.3 cm³/mol. The molecular weight excluding hydrogens is 260 g/mol. The third kappa shape index (κ3) is 4.10. The summed E-state index contributed by atoms with van der Waals surface area (Å²) in [6.07, 6.45) is 1.12. The molecule has 1 rings (SSSR count). The maximum Gasteiger partial charge on any atom is 0.247 e. The average molecular weight is 276 g/mol. The molecule has 0 saturated heterocycles. The number of primary sulfonamides is 1. The summed E-state index contributed by atoms with van der Waals surface area (Å²) < 4.78 is 22.2. The van der Waals surface area contributed by atoms with Gasteiger partial charge in [-0.1, -0.05) is 6.92 Å². The van der Waals surface area contributed by atoms with Crippen molar-refractivity contribution in [1.29, 1.82) is 0 Å². The summed E-state index contributed by atoms with van der Waals surface area (Å²) in [6.45, 7) is 2.69. The lowest BCUT2D eigenvalue weighted by Gasteiger charge is -2.15. The van der Waals surface area contributed by atoms with Gasteiger partial charge in [0.15, 0.2) is 0 Å². The van der Waals surface area contributed by atoms with Crippen molar-refractivity contribution >= 4 is 27.3 Å². The van der Waals surface area contributed by atoms with Crippen molar-refractivity contribution in [3.05, 3.63) is 17.0 Å². The summed E-state index contributed by atoms with van der Waals surface area (Å²) in [6, 6.07) is 3.06. The van der Waals surface area contributed by atoms with Crippen LogP contribution in [0.3, 0.4) is 0 Å². The highest BCUT2D eigenvalue weighted by Crippen LogP contribution is 2.21. The van der Waals surface area contributed by atoms with Gasteiger partial charge in [0.1, 0.15) is 4.21 Å². The van der Waals surface area contributed by atoms with Crippen molar-refractivity contribution in [2.24, 2.45) is 5.14 Å². The summed E-state index contributed by atoms with van der Waals surface area (Å²) in [7, 11) is -1.92. The molecule has 0 aliphatic heterocycles. The summed E-state index contributed by atoms with van der Waals surface area (Å²) in [4.78, 5) is 14.1. The van der Waals surface area contributed by atoms with Crippen LogP contribution in [0.15, 0.2) is 16.3 Å². The van der Waals surface area contributed by atoms with Crippen LogP contribution in [0.1, 0.15) is 18.2 Å². The molecule has 0 aliphatic carbocycles. The van der Waals surface area contributed by atoms with Gasteiger partial charge in [-0.05, 0) is 18.6 Å². The van der Waals surface area contributed by atoms with Crippen molar-refractivity contribution in [2.45, 2.75) is 24.0 Å². The molecule has 1 heterocycles. The zero-order valence-corrected chi connectivity index (χ0v) is 11.5. The topological polar surface area (TPSA) is 80.5 Å². The highest BCUT2D eigenvalue weighted by atomic mass is 32.2. The Morgan fingerprint density at radius 1 is 1.47 bits per heavy atom. The lowest BCUT2D eigenvalue weighted by atomic mass is 10.3. The highest BCUT2D eigenvalue weighted by molar-refractivity contribution is 7.91. The first-order chi connectivity index (χ1) is 7.84. The van der Waals surface area contributed by atoms with Gasteiger partial charge in [-0.25, -0.2) is 13.6 Å². The van der Waals surface area contributed by atoms with Gasteiger partial charge in [0.25, 0.3) is 0 Å². The van der Waals surface area contributed by atoms with E-state index in [2.05, 4.69) is 0 Å². The van der Waals surface area contributed by atoms with E-state index in [1.165, 1.54) is 6.07 Å². The SMILES string of the molecule is CCCN(C)C(=O)Cc1ccc(S(N)(=O)=O)s1. The van der Waals surface area contributed by atoms with Crippen LogP contribution < -0.4 is 5.14 Å². The monoisotopic (exact) mass is 276 g/mol. The molecule has 1 amide bonds. The van der Waals surface area contributed by atoms with Crippen LogP contribution in [0, 0.1) is 0 Å². The van der Waals surface area contributed by atoms with E-state index in [0.29, 0.717) is 11.4 Å². The minimum atomic E-state index is -3.65. The van der Waals surface area contributed by atoms with E-state index in [-0.39, 0.29) is 16.5 Å². The van der Waals surface area contributed by atoms with Gasteiger partial charge < -0.3 is 4.90 Å². The smallest absolute Gasteiger partial charge is 0.247 e. The van der Waals surface area contributed by atoms with Gasteiger partial charge in [-0.3, -0.25) is 4.79 Å². The van der Waals surface area contributed by atoms with Crippen molar-refractivity contribution in [3.8, 4) is 0 Å². The van der Waals surface area contributed by atoms with Crippen LogP contribution in [-0.2, 0) is 21.2 Å². The minimum Gasteiger partial charge on any atom is -0.345 e. The summed E-state index contributed by atoms with van der Waals surface area (Å²) in [5.74, 6) is -0.0188. The first-order valence-electron chi connectivity index (χ1n) is 5.20. The predicted octanol–water partition coefficient (Wildman–Crippen LogP) is 0.806. The van der Waals surface area contributed by atoms with E-state index < -0.39 is 10.0 Å². The summed E-state index contributed by atoms with van der Waals surface area (Å²) in [5.41, 5.74) is 0. The molecule has 1 aromatic rings. The first-order valence-corrected chi connectivity index (χ1v) is 7.56. The zero-order valence-electron chi connectivity index (χ0n) is 9.84. The number of likely N-dealkylation sites (N-methyl/N-ethyl adjacent to an activating group) is 1. The van der Waals surface area contributed by atoms with Crippen LogP contribution >= 0.6 is 11.3 Å². The second-order valence-electron chi connectivity index (χ2n) is 3.76. The summed E-state index contributed by atoms with van der Waals surface area (Å²) >= 11 is 1.04. The van der Waals surface area contributed by atoms with Gasteiger partial charge in [0.2, 0.25) is 15.9 Å². The number of hydrogen-bond acceptors (Lipinski definition) is 4. The second kappa shape index (κ2) is 5.61. The van der Waals surface area contributed by atoms with Gasteiger partial charge in [0, 0.05) is 18.5 Å². The number of nitrogens with zero attached hydrogens (tertiary/aromatic N) is 1. The quantitative estimate of drug-likeness (QED) is 0.864. The molecule has 0 unspecified atom stereocenters. The molecule has 0 spiro atoms. The molecule has 1 aromatic heterocycles. The van der Waals surface area contributed by atoms with Gasteiger partial charge >= 0.3 is 0 Å². The maximum atomic E-state index is 11.7. The number of carbonyl (C=O) groups excluding carboxylic acids is 1. The molecule has 2 N–H and O–H groups in total. The third-order valence-corrected chi connectivity index (χ3v) is 4.75.